The first-order chi connectivity index (χ1) is 14.3. The maximum Gasteiger partial charge on any atom is 0.339 e. The molecular formula is C20H13Br2IN2O4S. The first kappa shape index (κ1) is 22.9. The number of nitrogens with zero attached hydrogens (tertiary/aromatic N) is 1. The number of hydrazone groups is 1. The topological polar surface area (TPSA) is 84.8 Å². The molecule has 1 amide bonds. The van der Waals surface area contributed by atoms with Crippen LogP contribution in [-0.4, -0.2) is 20.5 Å². The SMILES string of the molecule is O=C(N/N=C\c1cc(Br)c(OS(=O)(=O)c2ccccc2)c(Br)c1)c1cccc(I)c1. The highest BCUT2D eigenvalue weighted by Crippen LogP contribution is 2.36. The van der Waals surface area contributed by atoms with Gasteiger partial charge in [-0.25, -0.2) is 5.43 Å². The maximum atomic E-state index is 12.5. The van der Waals surface area contributed by atoms with Gasteiger partial charge in [0.1, 0.15) is 4.90 Å². The minimum Gasteiger partial charge on any atom is -0.377 e. The van der Waals surface area contributed by atoms with Gasteiger partial charge in [-0.15, -0.1) is 0 Å². The highest BCUT2D eigenvalue weighted by molar-refractivity contribution is 14.1. The Labute approximate surface area is 204 Å². The number of nitrogens with one attached hydrogen (secondary N) is 1. The molecule has 0 atom stereocenters. The van der Waals surface area contributed by atoms with Crippen LogP contribution in [0.15, 0.2) is 85.7 Å². The van der Waals surface area contributed by atoms with Gasteiger partial charge in [-0.05, 0) is 102 Å². The molecule has 1 N–H and O–H groups in total. The predicted molar refractivity (Wildman–Crippen MR) is 130 cm³/mol. The Morgan fingerprint density at radius 1 is 1.00 bits per heavy atom. The van der Waals surface area contributed by atoms with Crippen molar-refractivity contribution < 1.29 is 17.4 Å². The van der Waals surface area contributed by atoms with E-state index in [9.17, 15) is 13.2 Å². The van der Waals surface area contributed by atoms with Crippen LogP contribution in [0.4, 0.5) is 0 Å². The fraction of sp³-hybridized carbons (Fsp3) is 0. The zero-order valence-corrected chi connectivity index (χ0v) is 21.2. The normalized spacial score (nSPS) is 11.4. The highest BCUT2D eigenvalue weighted by atomic mass is 127. The minimum absolute atomic E-state index is 0.0488. The van der Waals surface area contributed by atoms with E-state index in [1.807, 2.05) is 6.07 Å². The number of halogens is 3. The third kappa shape index (κ3) is 5.90. The molecule has 0 unspecified atom stereocenters. The molecular weight excluding hydrogens is 651 g/mol. The first-order valence-corrected chi connectivity index (χ1v) is 12.4. The first-order valence-electron chi connectivity index (χ1n) is 8.34. The van der Waals surface area contributed by atoms with Crippen LogP contribution in [0.3, 0.4) is 0 Å². The minimum atomic E-state index is -3.98. The zero-order valence-electron chi connectivity index (χ0n) is 15.1. The van der Waals surface area contributed by atoms with Crippen molar-refractivity contribution in [3.63, 3.8) is 0 Å². The van der Waals surface area contributed by atoms with Crippen LogP contribution in [0.1, 0.15) is 15.9 Å². The van der Waals surface area contributed by atoms with Crippen molar-refractivity contribution >= 4 is 76.7 Å². The third-order valence-electron chi connectivity index (χ3n) is 3.71. The number of amides is 1. The molecule has 154 valence electrons. The summed E-state index contributed by atoms with van der Waals surface area (Å²) in [5, 5.41) is 3.95. The monoisotopic (exact) mass is 662 g/mol. The van der Waals surface area contributed by atoms with Gasteiger partial charge in [0, 0.05) is 9.13 Å². The van der Waals surface area contributed by atoms with E-state index in [2.05, 4.69) is 65.0 Å². The molecule has 0 aliphatic carbocycles. The number of hydrogen-bond acceptors (Lipinski definition) is 5. The lowest BCUT2D eigenvalue weighted by molar-refractivity contribution is 0.0955. The van der Waals surface area contributed by atoms with Crippen LogP contribution in [0.5, 0.6) is 5.75 Å². The van der Waals surface area contributed by atoms with Crippen molar-refractivity contribution in [1.82, 2.24) is 5.43 Å². The van der Waals surface area contributed by atoms with Gasteiger partial charge < -0.3 is 4.18 Å². The van der Waals surface area contributed by atoms with E-state index in [1.54, 1.807) is 48.5 Å². The number of rotatable bonds is 6. The Kier molecular flexibility index (Phi) is 7.66. The van der Waals surface area contributed by atoms with Gasteiger partial charge in [0.2, 0.25) is 0 Å². The van der Waals surface area contributed by atoms with Crippen molar-refractivity contribution in [3.05, 3.63) is 90.4 Å². The number of hydrogen-bond donors (Lipinski definition) is 1. The summed E-state index contributed by atoms with van der Waals surface area (Å²) in [5.74, 6) is -0.226. The van der Waals surface area contributed by atoms with Crippen molar-refractivity contribution in [2.45, 2.75) is 4.90 Å². The standard InChI is InChI=1S/C20H13Br2IN2O4S/c21-17-9-13(12-24-25-20(26)14-5-4-6-15(23)11-14)10-18(22)19(17)29-30(27,28)16-7-2-1-3-8-16/h1-12H,(H,25,26)/b24-12-. The van der Waals surface area contributed by atoms with E-state index in [-0.39, 0.29) is 16.6 Å². The lowest BCUT2D eigenvalue weighted by atomic mass is 10.2. The van der Waals surface area contributed by atoms with E-state index in [1.165, 1.54) is 18.3 Å². The summed E-state index contributed by atoms with van der Waals surface area (Å²) >= 11 is 8.76. The second kappa shape index (κ2) is 10.0. The average Bonchev–Trinajstić information content (AvgIpc) is 2.71. The molecule has 3 aromatic rings. The molecule has 10 heteroatoms. The Morgan fingerprint density at radius 2 is 1.67 bits per heavy atom. The second-order valence-corrected chi connectivity index (χ2v) is 10.4. The summed E-state index contributed by atoms with van der Waals surface area (Å²) < 4.78 is 31.9. The summed E-state index contributed by atoms with van der Waals surface area (Å²) in [7, 11) is -3.98. The Balaban J connectivity index is 1.74. The highest BCUT2D eigenvalue weighted by Gasteiger charge is 2.20. The summed E-state index contributed by atoms with van der Waals surface area (Å²) in [5.41, 5.74) is 3.57. The molecule has 0 aromatic heterocycles. The van der Waals surface area contributed by atoms with Crippen molar-refractivity contribution in [3.8, 4) is 5.75 Å². The lowest BCUT2D eigenvalue weighted by Gasteiger charge is -2.11. The van der Waals surface area contributed by atoms with Crippen LogP contribution in [0, 0.1) is 3.57 Å². The largest absolute Gasteiger partial charge is 0.377 e. The smallest absolute Gasteiger partial charge is 0.339 e. The number of carbonyl (C=O) groups is 1. The summed E-state index contributed by atoms with van der Waals surface area (Å²) in [6, 6.07) is 18.2. The van der Waals surface area contributed by atoms with Crippen LogP contribution in [0.2, 0.25) is 0 Å². The fourth-order valence-corrected chi connectivity index (χ4v) is 5.47. The van der Waals surface area contributed by atoms with Crippen molar-refractivity contribution in [2.24, 2.45) is 5.10 Å². The van der Waals surface area contributed by atoms with E-state index < -0.39 is 10.1 Å². The average molecular weight is 664 g/mol. The fourth-order valence-electron chi connectivity index (χ4n) is 2.34. The molecule has 0 aliphatic heterocycles. The molecule has 6 nitrogen and oxygen atoms in total. The molecule has 3 aromatic carbocycles. The molecule has 0 saturated heterocycles. The van der Waals surface area contributed by atoms with Gasteiger partial charge in [-0.1, -0.05) is 24.3 Å². The van der Waals surface area contributed by atoms with Crippen molar-refractivity contribution in [2.75, 3.05) is 0 Å². The Bertz CT molecular complexity index is 1200. The summed E-state index contributed by atoms with van der Waals surface area (Å²) in [6.45, 7) is 0. The molecule has 0 spiro atoms. The molecule has 0 fully saturated rings. The molecule has 0 aliphatic rings. The van der Waals surface area contributed by atoms with Gasteiger partial charge in [-0.3, -0.25) is 4.79 Å². The second-order valence-electron chi connectivity index (χ2n) is 5.87. The number of benzene rings is 3. The Hall–Kier alpha value is -1.76. The maximum absolute atomic E-state index is 12.5. The van der Waals surface area contributed by atoms with Crippen LogP contribution in [-0.2, 0) is 10.1 Å². The van der Waals surface area contributed by atoms with E-state index in [0.29, 0.717) is 20.1 Å². The molecule has 0 saturated carbocycles. The van der Waals surface area contributed by atoms with Gasteiger partial charge in [-0.2, -0.15) is 13.5 Å². The van der Waals surface area contributed by atoms with Gasteiger partial charge in [0.15, 0.2) is 5.75 Å². The van der Waals surface area contributed by atoms with E-state index >= 15 is 0 Å². The van der Waals surface area contributed by atoms with Crippen LogP contribution < -0.4 is 9.61 Å². The third-order valence-corrected chi connectivity index (χ3v) is 6.80. The predicted octanol–water partition coefficient (Wildman–Crippen LogP) is 5.35. The zero-order chi connectivity index (χ0) is 21.7. The quantitative estimate of drug-likeness (QED) is 0.167. The summed E-state index contributed by atoms with van der Waals surface area (Å²) in [4.78, 5) is 12.2. The summed E-state index contributed by atoms with van der Waals surface area (Å²) in [6.07, 6.45) is 1.44. The van der Waals surface area contributed by atoms with Gasteiger partial charge in [0.25, 0.3) is 5.91 Å². The Morgan fingerprint density at radius 3 is 2.30 bits per heavy atom. The number of carbonyl (C=O) groups excluding carboxylic acids is 1. The molecule has 0 heterocycles. The van der Waals surface area contributed by atoms with Crippen LogP contribution >= 0.6 is 54.5 Å². The van der Waals surface area contributed by atoms with E-state index in [0.717, 1.165) is 3.57 Å². The molecule has 30 heavy (non-hydrogen) atoms. The van der Waals surface area contributed by atoms with Crippen molar-refractivity contribution in [1.29, 1.82) is 0 Å². The van der Waals surface area contributed by atoms with Gasteiger partial charge >= 0.3 is 10.1 Å². The lowest BCUT2D eigenvalue weighted by Crippen LogP contribution is -2.17. The molecule has 0 radical (unpaired) electrons. The molecule has 3 rings (SSSR count). The van der Waals surface area contributed by atoms with Gasteiger partial charge in [0.05, 0.1) is 15.2 Å². The molecule has 0 bridgehead atoms. The van der Waals surface area contributed by atoms with Crippen LogP contribution in [0.25, 0.3) is 0 Å². The van der Waals surface area contributed by atoms with E-state index in [4.69, 9.17) is 4.18 Å².